The summed E-state index contributed by atoms with van der Waals surface area (Å²) < 4.78 is 10.8. The quantitative estimate of drug-likeness (QED) is 0.929. The Kier molecular flexibility index (Phi) is 3.29. The fraction of sp³-hybridized carbons (Fsp3) is 0.333. The number of nitrogens with zero attached hydrogens (tertiary/aromatic N) is 2. The highest BCUT2D eigenvalue weighted by atomic mass is 16.7. The minimum absolute atomic E-state index is 0.223. The van der Waals surface area contributed by atoms with Crippen LogP contribution in [0.5, 0.6) is 11.5 Å². The van der Waals surface area contributed by atoms with Crippen molar-refractivity contribution in [2.24, 2.45) is 5.92 Å². The maximum atomic E-state index is 11.0. The molecular weight excluding hydrogens is 272 g/mol. The van der Waals surface area contributed by atoms with E-state index in [2.05, 4.69) is 4.98 Å². The summed E-state index contributed by atoms with van der Waals surface area (Å²) in [4.78, 5) is 17.2. The molecule has 0 saturated heterocycles. The predicted molar refractivity (Wildman–Crippen MR) is 77.9 cm³/mol. The van der Waals surface area contributed by atoms with Crippen molar-refractivity contribution < 1.29 is 19.4 Å². The summed E-state index contributed by atoms with van der Waals surface area (Å²) in [5, 5.41) is 10.9. The Morgan fingerprint density at radius 3 is 2.86 bits per heavy atom. The highest BCUT2D eigenvalue weighted by Gasteiger charge is 2.19. The van der Waals surface area contributed by atoms with E-state index in [1.165, 1.54) is 0 Å². The van der Waals surface area contributed by atoms with Gasteiger partial charge >= 0.3 is 5.97 Å². The third-order valence-corrected chi connectivity index (χ3v) is 3.57. The van der Waals surface area contributed by atoms with Crippen LogP contribution < -0.4 is 14.4 Å². The standard InChI is InChI=1S/C15H16N2O4/c1-9(15(18)19)7-17(2)14-11-6-13-12(20-8-21-13)5-10(11)3-4-16-14/h3-6,9H,7-8H2,1-2H3,(H,18,19). The van der Waals surface area contributed by atoms with Gasteiger partial charge in [-0.2, -0.15) is 0 Å². The van der Waals surface area contributed by atoms with Crippen molar-refractivity contribution in [3.8, 4) is 11.5 Å². The third-order valence-electron chi connectivity index (χ3n) is 3.57. The van der Waals surface area contributed by atoms with Crippen LogP contribution in [0.15, 0.2) is 24.4 Å². The van der Waals surface area contributed by atoms with Gasteiger partial charge in [0, 0.05) is 25.2 Å². The number of fused-ring (bicyclic) bond motifs is 2. The van der Waals surface area contributed by atoms with Crippen LogP contribution >= 0.6 is 0 Å². The lowest BCUT2D eigenvalue weighted by atomic mass is 10.1. The molecule has 1 N–H and O–H groups in total. The van der Waals surface area contributed by atoms with Crippen molar-refractivity contribution in [2.45, 2.75) is 6.92 Å². The van der Waals surface area contributed by atoms with E-state index in [-0.39, 0.29) is 6.79 Å². The highest BCUT2D eigenvalue weighted by molar-refractivity contribution is 5.94. The molecule has 0 radical (unpaired) electrons. The SMILES string of the molecule is CC(CN(C)c1nccc2cc3c(cc12)OCO3)C(=O)O. The first-order valence-corrected chi connectivity index (χ1v) is 6.68. The van der Waals surface area contributed by atoms with Crippen LogP contribution in [0.25, 0.3) is 10.8 Å². The Morgan fingerprint density at radius 1 is 1.43 bits per heavy atom. The molecule has 6 heteroatoms. The van der Waals surface area contributed by atoms with Crippen molar-refractivity contribution in [1.82, 2.24) is 4.98 Å². The first kappa shape index (κ1) is 13.5. The highest BCUT2D eigenvalue weighted by Crippen LogP contribution is 2.38. The van der Waals surface area contributed by atoms with Crippen LogP contribution in [0.3, 0.4) is 0 Å². The molecule has 0 spiro atoms. The topological polar surface area (TPSA) is 71.9 Å². The van der Waals surface area contributed by atoms with E-state index in [1.54, 1.807) is 13.1 Å². The molecule has 1 aromatic carbocycles. The van der Waals surface area contributed by atoms with Crippen molar-refractivity contribution in [2.75, 3.05) is 25.3 Å². The molecule has 3 rings (SSSR count). The maximum Gasteiger partial charge on any atom is 0.308 e. The number of aliphatic carboxylic acids is 1. The summed E-state index contributed by atoms with van der Waals surface area (Å²) in [7, 11) is 1.84. The van der Waals surface area contributed by atoms with Crippen molar-refractivity contribution in [3.63, 3.8) is 0 Å². The van der Waals surface area contributed by atoms with Gasteiger partial charge in [-0.3, -0.25) is 4.79 Å². The number of carboxylic acid groups (broad SMARTS) is 1. The second-order valence-electron chi connectivity index (χ2n) is 5.18. The molecule has 21 heavy (non-hydrogen) atoms. The van der Waals surface area contributed by atoms with Crippen LogP contribution in [0.4, 0.5) is 5.82 Å². The summed E-state index contributed by atoms with van der Waals surface area (Å²) >= 11 is 0. The summed E-state index contributed by atoms with van der Waals surface area (Å²) in [5.74, 6) is 0.859. The number of benzene rings is 1. The molecular formula is C15H16N2O4. The summed E-state index contributed by atoms with van der Waals surface area (Å²) in [5.41, 5.74) is 0. The van der Waals surface area contributed by atoms with Crippen LogP contribution in [-0.2, 0) is 4.79 Å². The van der Waals surface area contributed by atoms with E-state index in [0.717, 1.165) is 22.3 Å². The zero-order valence-corrected chi connectivity index (χ0v) is 11.9. The van der Waals surface area contributed by atoms with Gasteiger partial charge in [0.2, 0.25) is 6.79 Å². The van der Waals surface area contributed by atoms with Gasteiger partial charge in [0.15, 0.2) is 11.5 Å². The van der Waals surface area contributed by atoms with Gasteiger partial charge in [-0.25, -0.2) is 4.98 Å². The van der Waals surface area contributed by atoms with E-state index in [0.29, 0.717) is 12.3 Å². The first-order chi connectivity index (χ1) is 10.1. The summed E-state index contributed by atoms with van der Waals surface area (Å²) in [6, 6.07) is 5.70. The van der Waals surface area contributed by atoms with Crippen LogP contribution in [0.1, 0.15) is 6.92 Å². The van der Waals surface area contributed by atoms with Crippen molar-refractivity contribution in [1.29, 1.82) is 0 Å². The number of hydrogen-bond acceptors (Lipinski definition) is 5. The van der Waals surface area contributed by atoms with Crippen molar-refractivity contribution >= 4 is 22.6 Å². The Hall–Kier alpha value is -2.50. The molecule has 2 aromatic rings. The van der Waals surface area contributed by atoms with Gasteiger partial charge in [0.1, 0.15) is 5.82 Å². The average Bonchev–Trinajstić information content (AvgIpc) is 2.91. The summed E-state index contributed by atoms with van der Waals surface area (Å²) in [6.07, 6.45) is 1.71. The molecule has 1 aromatic heterocycles. The molecule has 0 aliphatic carbocycles. The number of carbonyl (C=O) groups is 1. The van der Waals surface area contributed by atoms with Gasteiger partial charge in [0.05, 0.1) is 5.92 Å². The minimum atomic E-state index is -0.820. The zero-order valence-electron chi connectivity index (χ0n) is 11.9. The predicted octanol–water partition coefficient (Wildman–Crippen LogP) is 2.12. The van der Waals surface area contributed by atoms with Gasteiger partial charge in [-0.05, 0) is 23.6 Å². The van der Waals surface area contributed by atoms with E-state index in [1.807, 2.05) is 30.1 Å². The fourth-order valence-electron chi connectivity index (χ4n) is 2.43. The zero-order chi connectivity index (χ0) is 15.0. The third kappa shape index (κ3) is 2.44. The maximum absolute atomic E-state index is 11.0. The Labute approximate surface area is 121 Å². The van der Waals surface area contributed by atoms with Gasteiger partial charge < -0.3 is 19.5 Å². The van der Waals surface area contributed by atoms with Crippen molar-refractivity contribution in [3.05, 3.63) is 24.4 Å². The lowest BCUT2D eigenvalue weighted by Gasteiger charge is -2.22. The molecule has 0 fully saturated rings. The first-order valence-electron chi connectivity index (χ1n) is 6.68. The molecule has 6 nitrogen and oxygen atoms in total. The van der Waals surface area contributed by atoms with E-state index in [9.17, 15) is 4.79 Å². The number of rotatable bonds is 4. The van der Waals surface area contributed by atoms with Crippen LogP contribution in [0, 0.1) is 5.92 Å². The van der Waals surface area contributed by atoms with Gasteiger partial charge in [-0.15, -0.1) is 0 Å². The Morgan fingerprint density at radius 2 is 2.14 bits per heavy atom. The second kappa shape index (κ2) is 5.12. The molecule has 110 valence electrons. The molecule has 1 aliphatic heterocycles. The molecule has 2 heterocycles. The normalized spacial score (nSPS) is 14.2. The molecule has 0 bridgehead atoms. The van der Waals surface area contributed by atoms with Gasteiger partial charge in [0.25, 0.3) is 0 Å². The van der Waals surface area contributed by atoms with E-state index < -0.39 is 11.9 Å². The molecule has 1 unspecified atom stereocenters. The van der Waals surface area contributed by atoms with Crippen LogP contribution in [-0.4, -0.2) is 36.4 Å². The fourth-order valence-corrected chi connectivity index (χ4v) is 2.43. The largest absolute Gasteiger partial charge is 0.481 e. The smallest absolute Gasteiger partial charge is 0.308 e. The number of carboxylic acids is 1. The van der Waals surface area contributed by atoms with Crippen LogP contribution in [0.2, 0.25) is 0 Å². The number of ether oxygens (including phenoxy) is 2. The molecule has 1 aliphatic rings. The van der Waals surface area contributed by atoms with E-state index >= 15 is 0 Å². The monoisotopic (exact) mass is 288 g/mol. The molecule has 0 saturated carbocycles. The Balaban J connectivity index is 2.00. The lowest BCUT2D eigenvalue weighted by molar-refractivity contribution is -0.140. The summed E-state index contributed by atoms with van der Waals surface area (Å²) in [6.45, 7) is 2.29. The lowest BCUT2D eigenvalue weighted by Crippen LogP contribution is -2.29. The Bertz CT molecular complexity index is 701. The number of aromatic nitrogens is 1. The second-order valence-corrected chi connectivity index (χ2v) is 5.18. The van der Waals surface area contributed by atoms with Gasteiger partial charge in [-0.1, -0.05) is 6.92 Å². The average molecular weight is 288 g/mol. The minimum Gasteiger partial charge on any atom is -0.481 e. The molecule has 1 atom stereocenters. The number of anilines is 1. The van der Waals surface area contributed by atoms with E-state index in [4.69, 9.17) is 14.6 Å². The number of pyridine rings is 1. The number of hydrogen-bond donors (Lipinski definition) is 1. The molecule has 0 amide bonds.